The molecule has 2 amide bonds. The largest absolute Gasteiger partial charge is 0.505 e. The fourth-order valence-corrected chi connectivity index (χ4v) is 6.96. The van der Waals surface area contributed by atoms with Crippen LogP contribution < -0.4 is 11.1 Å². The lowest BCUT2D eigenvalue weighted by molar-refractivity contribution is 0.0696. The van der Waals surface area contributed by atoms with E-state index in [9.17, 15) is 63.5 Å². The Balaban J connectivity index is 1.68. The minimum atomic E-state index is -5.19. The number of carboxylic acid groups (broad SMARTS) is 1. The van der Waals surface area contributed by atoms with Crippen LogP contribution in [0, 0.1) is 0 Å². The van der Waals surface area contributed by atoms with Crippen molar-refractivity contribution in [3.8, 4) is 11.5 Å². The summed E-state index contributed by atoms with van der Waals surface area (Å²) in [5.74, 6) is -4.50. The zero-order valence-electron chi connectivity index (χ0n) is 28.6. The monoisotopic (exact) mass is 882 g/mol. The number of urea groups is 1. The van der Waals surface area contributed by atoms with Crippen molar-refractivity contribution in [1.82, 2.24) is 0 Å². The number of carbonyl (C=O) groups is 2. The molecule has 0 saturated heterocycles. The maximum Gasteiger partial charge on any atom is 0.397 e. The Kier molecular flexibility index (Phi) is 13.6. The number of aromatic hydroxyl groups is 2. The number of nitrogens with zero attached hydrogens (tertiary/aromatic N) is 6. The van der Waals surface area contributed by atoms with Gasteiger partial charge in [0.05, 0.1) is 44.8 Å². The number of anilines is 1. The van der Waals surface area contributed by atoms with Crippen LogP contribution in [0.3, 0.4) is 0 Å². The molecule has 0 spiro atoms. The maximum absolute atomic E-state index is 12.6. The number of sulfone groups is 1. The first-order chi connectivity index (χ1) is 27.0. The van der Waals surface area contributed by atoms with Gasteiger partial charge in [-0.25, -0.2) is 26.4 Å². The predicted octanol–water partition coefficient (Wildman–Crippen LogP) is 5.57. The molecule has 24 nitrogen and oxygen atoms in total. The van der Waals surface area contributed by atoms with Crippen LogP contribution in [0.15, 0.2) is 114 Å². The number of phenols is 2. The van der Waals surface area contributed by atoms with E-state index in [4.69, 9.17) is 10.3 Å². The second-order valence-corrected chi connectivity index (χ2v) is 16.6. The van der Waals surface area contributed by atoms with Crippen LogP contribution in [-0.2, 0) is 45.6 Å². The van der Waals surface area contributed by atoms with Gasteiger partial charge in [0.25, 0.3) is 10.1 Å². The number of carboxylic acids is 1. The molecular formula is C30H26N8O16S4. The fraction of sp³-hybridized carbons (Fsp3) is 0.0667. The lowest BCUT2D eigenvalue weighted by atomic mass is 10.1. The van der Waals surface area contributed by atoms with Gasteiger partial charge in [0.15, 0.2) is 32.4 Å². The van der Waals surface area contributed by atoms with Gasteiger partial charge in [0.2, 0.25) is 0 Å². The van der Waals surface area contributed by atoms with Crippen molar-refractivity contribution in [1.29, 1.82) is 0 Å². The minimum absolute atomic E-state index is 0.0961. The van der Waals surface area contributed by atoms with E-state index < -0.39 is 110 Å². The Morgan fingerprint density at radius 2 is 1.38 bits per heavy atom. The van der Waals surface area contributed by atoms with Gasteiger partial charge in [-0.3, -0.25) is 9.11 Å². The van der Waals surface area contributed by atoms with E-state index in [-0.39, 0.29) is 27.7 Å². The topological polar surface area (TPSA) is 396 Å². The molecule has 9 N–H and O–H groups in total. The normalized spacial score (nSPS) is 12.9. The third kappa shape index (κ3) is 11.6. The van der Waals surface area contributed by atoms with Crippen molar-refractivity contribution in [2.45, 2.75) is 9.79 Å². The summed E-state index contributed by atoms with van der Waals surface area (Å²) >= 11 is -2.34. The van der Waals surface area contributed by atoms with Crippen molar-refractivity contribution < 1.29 is 72.2 Å². The number of amides is 2. The number of hydrogen-bond acceptors (Lipinski definition) is 18. The van der Waals surface area contributed by atoms with E-state index in [1.807, 2.05) is 0 Å². The molecular weight excluding hydrogens is 857 g/mol. The molecule has 4 rings (SSSR count). The molecule has 0 aliphatic heterocycles. The van der Waals surface area contributed by atoms with E-state index in [1.54, 1.807) is 0 Å². The van der Waals surface area contributed by atoms with Crippen molar-refractivity contribution in [3.63, 3.8) is 0 Å². The Morgan fingerprint density at radius 1 is 0.793 bits per heavy atom. The first-order valence-electron chi connectivity index (χ1n) is 15.1. The molecule has 4 aromatic rings. The number of nitrogens with two attached hydrogens (primary N) is 1. The SMILES string of the molecule is C=C(c1ccc(N=Nc2c(C(=O)O)cc(O)c(N=Nc3ccc(N=Nc4ccc(S(=O)(=O)CCOS(=O)(=O)O)cc4S(=O)(=O)O)c(NC(N)=O)c3)c2O)cc1)S(=O)O. The van der Waals surface area contributed by atoms with Crippen molar-refractivity contribution in [2.24, 2.45) is 36.4 Å². The average Bonchev–Trinajstić information content (AvgIpc) is 3.12. The molecule has 0 bridgehead atoms. The van der Waals surface area contributed by atoms with Crippen LogP contribution in [0.25, 0.3) is 4.91 Å². The molecule has 0 saturated carbocycles. The Labute approximate surface area is 329 Å². The van der Waals surface area contributed by atoms with Crippen LogP contribution in [0.1, 0.15) is 15.9 Å². The number of azo groups is 3. The smallest absolute Gasteiger partial charge is 0.397 e. The number of nitrogens with one attached hydrogen (secondary N) is 1. The molecule has 0 aromatic heterocycles. The summed E-state index contributed by atoms with van der Waals surface area (Å²) < 4.78 is 114. The van der Waals surface area contributed by atoms with Gasteiger partial charge in [-0.1, -0.05) is 18.7 Å². The second kappa shape index (κ2) is 17.8. The average molecular weight is 883 g/mol. The molecule has 1 unspecified atom stereocenters. The van der Waals surface area contributed by atoms with Gasteiger partial charge in [0, 0.05) is 0 Å². The summed E-state index contributed by atoms with van der Waals surface area (Å²) in [5, 5.41) is 56.0. The lowest BCUT2D eigenvalue weighted by Crippen LogP contribution is -2.19. The Morgan fingerprint density at radius 3 is 1.97 bits per heavy atom. The fourth-order valence-electron chi connectivity index (χ4n) is 4.39. The first-order valence-corrected chi connectivity index (χ1v) is 20.7. The Bertz CT molecular complexity index is 2780. The van der Waals surface area contributed by atoms with Gasteiger partial charge in [0.1, 0.15) is 27.7 Å². The standard InChI is InChI=1S/C30H26N8O16S4/c1-15(55(44)45)16-2-4-17(5-3-16)33-37-26-20(29(41)42)14-24(39)27(28(26)40)38-34-18-6-8-21(23(12-18)32-30(31)43)35-36-22-9-7-19(13-25(22)57(48,49)50)56(46,47)11-10-54-58(51,52)53/h2-9,12-14,39-40H,1,10-11H2,(H,41,42)(H,44,45)(H3,31,32,43)(H,48,49,50)(H,51,52,53). The van der Waals surface area contributed by atoms with Gasteiger partial charge in [-0.2, -0.15) is 27.1 Å². The zero-order chi connectivity index (χ0) is 43.2. The molecule has 0 aliphatic carbocycles. The molecule has 28 heteroatoms. The maximum atomic E-state index is 12.6. The van der Waals surface area contributed by atoms with Crippen molar-refractivity contribution in [2.75, 3.05) is 17.7 Å². The highest BCUT2D eigenvalue weighted by molar-refractivity contribution is 7.91. The van der Waals surface area contributed by atoms with Crippen LogP contribution in [0.4, 0.5) is 44.6 Å². The summed E-state index contributed by atoms with van der Waals surface area (Å²) in [6.07, 6.45) is 0. The highest BCUT2D eigenvalue weighted by Gasteiger charge is 2.24. The number of carbonyl (C=O) groups excluding carboxylic acids is 1. The summed E-state index contributed by atoms with van der Waals surface area (Å²) in [5.41, 5.74) is 2.39. The quantitative estimate of drug-likeness (QED) is 0.0387. The zero-order valence-corrected chi connectivity index (χ0v) is 31.9. The molecule has 0 fully saturated rings. The third-order valence-corrected chi connectivity index (χ3v) is 10.7. The van der Waals surface area contributed by atoms with Crippen LogP contribution in [0.2, 0.25) is 0 Å². The number of hydrogen-bond donors (Lipinski definition) is 8. The van der Waals surface area contributed by atoms with Crippen molar-refractivity contribution >= 4 is 98.2 Å². The number of rotatable bonds is 16. The van der Waals surface area contributed by atoms with E-state index in [0.717, 1.165) is 24.3 Å². The first kappa shape index (κ1) is 44.3. The lowest BCUT2D eigenvalue weighted by Gasteiger charge is -2.09. The van der Waals surface area contributed by atoms with Gasteiger partial charge < -0.3 is 30.9 Å². The molecule has 4 aromatic carbocycles. The molecule has 0 heterocycles. The Hall–Kier alpha value is -6.40. The van der Waals surface area contributed by atoms with Gasteiger partial charge >= 0.3 is 22.4 Å². The summed E-state index contributed by atoms with van der Waals surface area (Å²) in [7, 11) is -14.6. The number of benzene rings is 4. The summed E-state index contributed by atoms with van der Waals surface area (Å²) in [4.78, 5) is 21.8. The van der Waals surface area contributed by atoms with Crippen LogP contribution >= 0.6 is 0 Å². The van der Waals surface area contributed by atoms with E-state index in [2.05, 4.69) is 46.8 Å². The molecule has 0 radical (unpaired) electrons. The molecule has 1 atom stereocenters. The second-order valence-electron chi connectivity index (χ2n) is 11.0. The summed E-state index contributed by atoms with van der Waals surface area (Å²) in [6, 6.07) is 10.6. The van der Waals surface area contributed by atoms with Crippen molar-refractivity contribution in [3.05, 3.63) is 84.4 Å². The van der Waals surface area contributed by atoms with E-state index in [0.29, 0.717) is 17.7 Å². The third-order valence-electron chi connectivity index (χ3n) is 7.04. The van der Waals surface area contributed by atoms with Gasteiger partial charge in [-0.05, 0) is 60.2 Å². The van der Waals surface area contributed by atoms with Crippen LogP contribution in [-0.4, -0.2) is 82.8 Å². The van der Waals surface area contributed by atoms with E-state index in [1.165, 1.54) is 30.3 Å². The predicted molar refractivity (Wildman–Crippen MR) is 201 cm³/mol. The molecule has 58 heavy (non-hydrogen) atoms. The minimum Gasteiger partial charge on any atom is -0.505 e. The molecule has 0 aliphatic rings. The van der Waals surface area contributed by atoms with Crippen LogP contribution in [0.5, 0.6) is 11.5 Å². The molecule has 306 valence electrons. The number of phenolic OH excluding ortho intramolecular Hbond substituents is 2. The van der Waals surface area contributed by atoms with E-state index >= 15 is 0 Å². The van der Waals surface area contributed by atoms with Gasteiger partial charge in [-0.15, -0.1) is 20.5 Å². The highest BCUT2D eigenvalue weighted by Crippen LogP contribution is 2.47. The number of aromatic carboxylic acids is 1. The summed E-state index contributed by atoms with van der Waals surface area (Å²) in [6.45, 7) is 2.45. The number of primary amides is 1. The highest BCUT2D eigenvalue weighted by atomic mass is 32.3.